The molecule has 0 radical (unpaired) electrons. The van der Waals surface area contributed by atoms with Gasteiger partial charge < -0.3 is 14.3 Å². The third-order valence-electron chi connectivity index (χ3n) is 2.50. The molecule has 0 saturated heterocycles. The Morgan fingerprint density at radius 1 is 1.57 bits per heavy atom. The predicted molar refractivity (Wildman–Crippen MR) is 54.0 cm³/mol. The summed E-state index contributed by atoms with van der Waals surface area (Å²) >= 11 is 0. The Morgan fingerprint density at radius 3 is 2.79 bits per heavy atom. The molecule has 0 saturated carbocycles. The Morgan fingerprint density at radius 2 is 2.29 bits per heavy atom. The van der Waals surface area contributed by atoms with E-state index >= 15 is 0 Å². The van der Waals surface area contributed by atoms with Crippen LogP contribution >= 0.6 is 0 Å². The molecule has 0 aliphatic rings. The van der Waals surface area contributed by atoms with Crippen molar-refractivity contribution >= 4 is 0 Å². The quantitative estimate of drug-likeness (QED) is 0.790. The zero-order valence-corrected chi connectivity index (χ0v) is 8.99. The molecule has 0 spiro atoms. The first-order valence-corrected chi connectivity index (χ1v) is 4.80. The molecule has 3 nitrogen and oxygen atoms in total. The highest BCUT2D eigenvalue weighted by molar-refractivity contribution is 5.08. The summed E-state index contributed by atoms with van der Waals surface area (Å²) in [5.41, 5.74) is 0.655. The van der Waals surface area contributed by atoms with E-state index in [-0.39, 0.29) is 5.60 Å². The van der Waals surface area contributed by atoms with E-state index < -0.39 is 6.10 Å². The molecule has 80 valence electrons. The first-order valence-electron chi connectivity index (χ1n) is 4.80. The van der Waals surface area contributed by atoms with Crippen LogP contribution in [0.2, 0.25) is 0 Å². The van der Waals surface area contributed by atoms with E-state index in [0.29, 0.717) is 6.42 Å². The molecule has 1 rings (SSSR count). The van der Waals surface area contributed by atoms with Gasteiger partial charge in [0, 0.05) is 12.7 Å². The number of methoxy groups -OCH3 is 1. The van der Waals surface area contributed by atoms with Crippen LogP contribution in [0.25, 0.3) is 0 Å². The summed E-state index contributed by atoms with van der Waals surface area (Å²) in [4.78, 5) is 0. The summed E-state index contributed by atoms with van der Waals surface area (Å²) in [6.45, 7) is 4.02. The molecule has 0 amide bonds. The van der Waals surface area contributed by atoms with Crippen LogP contribution < -0.4 is 0 Å². The third-order valence-corrected chi connectivity index (χ3v) is 2.50. The molecule has 3 heteroatoms. The second kappa shape index (κ2) is 4.62. The minimum Gasteiger partial charge on any atom is -0.472 e. The molecule has 1 N–H and O–H groups in total. The summed E-state index contributed by atoms with van der Waals surface area (Å²) < 4.78 is 10.2. The number of hydrogen-bond acceptors (Lipinski definition) is 3. The fraction of sp³-hybridized carbons (Fsp3) is 0.636. The van der Waals surface area contributed by atoms with Crippen LogP contribution in [0.1, 0.15) is 38.4 Å². The van der Waals surface area contributed by atoms with Gasteiger partial charge in [0.15, 0.2) is 0 Å². The van der Waals surface area contributed by atoms with Gasteiger partial charge in [-0.15, -0.1) is 0 Å². The Hall–Kier alpha value is -0.800. The number of aliphatic hydroxyl groups excluding tert-OH is 1. The topological polar surface area (TPSA) is 42.6 Å². The molecule has 0 fully saturated rings. The highest BCUT2D eigenvalue weighted by atomic mass is 16.5. The van der Waals surface area contributed by atoms with Gasteiger partial charge in [-0.25, -0.2) is 0 Å². The first kappa shape index (κ1) is 11.3. The molecule has 0 aliphatic carbocycles. The van der Waals surface area contributed by atoms with Gasteiger partial charge in [-0.2, -0.15) is 0 Å². The summed E-state index contributed by atoms with van der Waals surface area (Å²) in [6, 6.07) is 1.78. The Balaban J connectivity index is 2.39. The van der Waals surface area contributed by atoms with Crippen molar-refractivity contribution in [3.05, 3.63) is 24.2 Å². The average Bonchev–Trinajstić information content (AvgIpc) is 2.67. The van der Waals surface area contributed by atoms with Gasteiger partial charge in [-0.1, -0.05) is 0 Å². The Labute approximate surface area is 84.7 Å². The van der Waals surface area contributed by atoms with E-state index in [2.05, 4.69) is 0 Å². The maximum Gasteiger partial charge on any atom is 0.0960 e. The van der Waals surface area contributed by atoms with Crippen molar-refractivity contribution in [2.24, 2.45) is 0 Å². The molecule has 1 atom stereocenters. The largest absolute Gasteiger partial charge is 0.472 e. The van der Waals surface area contributed by atoms with E-state index in [0.717, 1.165) is 12.0 Å². The van der Waals surface area contributed by atoms with Crippen LogP contribution in [-0.4, -0.2) is 17.8 Å². The number of ether oxygens (including phenoxy) is 1. The molecule has 1 aromatic rings. The van der Waals surface area contributed by atoms with Crippen LogP contribution in [-0.2, 0) is 4.74 Å². The number of aliphatic hydroxyl groups is 1. The van der Waals surface area contributed by atoms with E-state index in [1.165, 1.54) is 0 Å². The zero-order chi connectivity index (χ0) is 10.6. The van der Waals surface area contributed by atoms with Gasteiger partial charge >= 0.3 is 0 Å². The lowest BCUT2D eigenvalue weighted by Gasteiger charge is -2.23. The van der Waals surface area contributed by atoms with Gasteiger partial charge in [0.25, 0.3) is 0 Å². The minimum atomic E-state index is -0.455. The number of furan rings is 1. The normalized spacial score (nSPS) is 14.3. The van der Waals surface area contributed by atoms with Crippen molar-refractivity contribution in [1.29, 1.82) is 0 Å². The number of hydrogen-bond donors (Lipinski definition) is 1. The zero-order valence-electron chi connectivity index (χ0n) is 8.99. The van der Waals surface area contributed by atoms with E-state index in [1.807, 2.05) is 13.8 Å². The maximum absolute atomic E-state index is 9.75. The van der Waals surface area contributed by atoms with Gasteiger partial charge in [0.1, 0.15) is 0 Å². The van der Waals surface area contributed by atoms with Crippen LogP contribution in [0.5, 0.6) is 0 Å². The lowest BCUT2D eigenvalue weighted by Crippen LogP contribution is -2.22. The molecule has 0 aliphatic heterocycles. The van der Waals surface area contributed by atoms with Gasteiger partial charge in [-0.3, -0.25) is 0 Å². The molecule has 0 aromatic carbocycles. The summed E-state index contributed by atoms with van der Waals surface area (Å²) in [6.07, 6.45) is 4.18. The second-order valence-corrected chi connectivity index (χ2v) is 4.07. The molecule has 14 heavy (non-hydrogen) atoms. The predicted octanol–water partition coefficient (Wildman–Crippen LogP) is 2.52. The smallest absolute Gasteiger partial charge is 0.0960 e. The lowest BCUT2D eigenvalue weighted by atomic mass is 9.98. The molecular weight excluding hydrogens is 180 g/mol. The van der Waals surface area contributed by atoms with Crippen molar-refractivity contribution in [2.45, 2.75) is 38.4 Å². The second-order valence-electron chi connectivity index (χ2n) is 4.07. The van der Waals surface area contributed by atoms with Gasteiger partial charge in [0.05, 0.1) is 24.2 Å². The first-order chi connectivity index (χ1) is 6.55. The average molecular weight is 198 g/mol. The fourth-order valence-corrected chi connectivity index (χ4v) is 1.22. The standard InChI is InChI=1S/C11H18O3/c1-11(2,13-3)6-4-10(12)9-5-7-14-8-9/h5,7-8,10,12H,4,6H2,1-3H3. The van der Waals surface area contributed by atoms with Crippen molar-refractivity contribution in [3.8, 4) is 0 Å². The lowest BCUT2D eigenvalue weighted by molar-refractivity contribution is 0.00274. The van der Waals surface area contributed by atoms with Crippen molar-refractivity contribution < 1.29 is 14.3 Å². The van der Waals surface area contributed by atoms with Crippen molar-refractivity contribution in [1.82, 2.24) is 0 Å². The Bertz CT molecular complexity index is 252. The van der Waals surface area contributed by atoms with E-state index in [9.17, 15) is 5.11 Å². The van der Waals surface area contributed by atoms with E-state index in [1.54, 1.807) is 25.7 Å². The highest BCUT2D eigenvalue weighted by Gasteiger charge is 2.19. The SMILES string of the molecule is COC(C)(C)CCC(O)c1ccoc1. The highest BCUT2D eigenvalue weighted by Crippen LogP contribution is 2.24. The summed E-state index contributed by atoms with van der Waals surface area (Å²) in [7, 11) is 1.68. The minimum absolute atomic E-state index is 0.176. The van der Waals surface area contributed by atoms with E-state index in [4.69, 9.17) is 9.15 Å². The maximum atomic E-state index is 9.75. The third kappa shape index (κ3) is 3.16. The van der Waals surface area contributed by atoms with Crippen LogP contribution in [0.3, 0.4) is 0 Å². The van der Waals surface area contributed by atoms with Crippen LogP contribution in [0.15, 0.2) is 23.0 Å². The van der Waals surface area contributed by atoms with Crippen molar-refractivity contribution in [3.63, 3.8) is 0 Å². The monoisotopic (exact) mass is 198 g/mol. The number of rotatable bonds is 5. The Kier molecular flexibility index (Phi) is 3.72. The fourth-order valence-electron chi connectivity index (χ4n) is 1.22. The van der Waals surface area contributed by atoms with Crippen LogP contribution in [0.4, 0.5) is 0 Å². The van der Waals surface area contributed by atoms with Gasteiger partial charge in [0.2, 0.25) is 0 Å². The molecule has 1 heterocycles. The van der Waals surface area contributed by atoms with Crippen molar-refractivity contribution in [2.75, 3.05) is 7.11 Å². The molecule has 0 bridgehead atoms. The molecule has 1 aromatic heterocycles. The molecule has 1 unspecified atom stereocenters. The summed E-state index contributed by atoms with van der Waals surface area (Å²) in [5.74, 6) is 0. The molecular formula is C11H18O3. The summed E-state index contributed by atoms with van der Waals surface area (Å²) in [5, 5.41) is 9.75. The van der Waals surface area contributed by atoms with Gasteiger partial charge in [-0.05, 0) is 32.8 Å². The van der Waals surface area contributed by atoms with Crippen LogP contribution in [0, 0.1) is 0 Å².